The number of carbonyl (C=O) groups excluding carboxylic acids is 1. The van der Waals surface area contributed by atoms with Gasteiger partial charge in [0.05, 0.1) is 0 Å². The van der Waals surface area contributed by atoms with Crippen LogP contribution in [0.25, 0.3) is 10.8 Å². The summed E-state index contributed by atoms with van der Waals surface area (Å²) < 4.78 is 6.10. The minimum absolute atomic E-state index is 0.0129. The van der Waals surface area contributed by atoms with Gasteiger partial charge in [-0.1, -0.05) is 56.7 Å². The minimum atomic E-state index is -0.454. The van der Waals surface area contributed by atoms with Gasteiger partial charge in [0.15, 0.2) is 6.10 Å². The predicted molar refractivity (Wildman–Crippen MR) is 116 cm³/mol. The molecule has 2 aromatic carbocycles. The Bertz CT molecular complexity index is 756. The van der Waals surface area contributed by atoms with E-state index in [0.717, 1.165) is 35.5 Å². The lowest BCUT2D eigenvalue weighted by atomic mass is 10.00. The monoisotopic (exact) mass is 382 g/mol. The van der Waals surface area contributed by atoms with Gasteiger partial charge in [-0.25, -0.2) is 0 Å². The third kappa shape index (κ3) is 5.26. The molecule has 1 fully saturated rings. The van der Waals surface area contributed by atoms with Crippen LogP contribution in [0.4, 0.5) is 0 Å². The Morgan fingerprint density at radius 1 is 1.18 bits per heavy atom. The molecule has 0 unspecified atom stereocenters. The Morgan fingerprint density at radius 3 is 2.82 bits per heavy atom. The Balaban J connectivity index is 1.49. The van der Waals surface area contributed by atoms with E-state index in [1.54, 1.807) is 0 Å². The summed E-state index contributed by atoms with van der Waals surface area (Å²) in [5.74, 6) is 0.764. The smallest absolute Gasteiger partial charge is 0.261 e. The molecule has 0 aromatic heterocycles. The number of fused-ring (bicyclic) bond motifs is 1. The second-order valence-corrected chi connectivity index (χ2v) is 7.73. The number of benzene rings is 2. The average Bonchev–Trinajstić information content (AvgIpc) is 2.75. The van der Waals surface area contributed by atoms with Gasteiger partial charge >= 0.3 is 0 Å². The van der Waals surface area contributed by atoms with Crippen molar-refractivity contribution in [2.75, 3.05) is 19.6 Å². The van der Waals surface area contributed by atoms with E-state index in [2.05, 4.69) is 29.3 Å². The fourth-order valence-electron chi connectivity index (χ4n) is 4.20. The van der Waals surface area contributed by atoms with E-state index < -0.39 is 6.10 Å². The van der Waals surface area contributed by atoms with Gasteiger partial charge in [-0.05, 0) is 50.1 Å². The molecule has 0 saturated carbocycles. The Kier molecular flexibility index (Phi) is 7.72. The summed E-state index contributed by atoms with van der Waals surface area (Å²) in [5, 5.41) is 5.26. The van der Waals surface area contributed by atoms with Crippen molar-refractivity contribution < 1.29 is 9.53 Å². The largest absolute Gasteiger partial charge is 0.480 e. The molecule has 152 valence electrons. The van der Waals surface area contributed by atoms with Crippen LogP contribution < -0.4 is 10.1 Å². The zero-order chi connectivity index (χ0) is 19.8. The quantitative estimate of drug-likeness (QED) is 0.635. The van der Waals surface area contributed by atoms with Crippen LogP contribution in [0.2, 0.25) is 0 Å². The minimum Gasteiger partial charge on any atom is -0.480 e. The zero-order valence-electron chi connectivity index (χ0n) is 17.3. The number of likely N-dealkylation sites (tertiary alicyclic amines) is 1. The molecular weight excluding hydrogens is 348 g/mol. The van der Waals surface area contributed by atoms with Crippen molar-refractivity contribution in [3.63, 3.8) is 0 Å². The third-order valence-corrected chi connectivity index (χ3v) is 5.82. The molecule has 1 aliphatic rings. The molecule has 4 heteroatoms. The normalized spacial score (nSPS) is 18.7. The molecule has 0 bridgehead atoms. The van der Waals surface area contributed by atoms with Crippen LogP contribution in [0.5, 0.6) is 5.75 Å². The van der Waals surface area contributed by atoms with Gasteiger partial charge in [-0.3, -0.25) is 4.79 Å². The lowest BCUT2D eigenvalue weighted by Crippen LogP contribution is -2.42. The van der Waals surface area contributed by atoms with Gasteiger partial charge in [0, 0.05) is 24.5 Å². The van der Waals surface area contributed by atoms with Gasteiger partial charge < -0.3 is 15.0 Å². The van der Waals surface area contributed by atoms with E-state index in [9.17, 15) is 4.79 Å². The van der Waals surface area contributed by atoms with Crippen molar-refractivity contribution in [2.45, 2.75) is 64.5 Å². The maximum Gasteiger partial charge on any atom is 0.261 e. The molecule has 1 amide bonds. The number of nitrogens with zero attached hydrogens (tertiary/aromatic N) is 1. The van der Waals surface area contributed by atoms with Crippen LogP contribution in [0.15, 0.2) is 42.5 Å². The van der Waals surface area contributed by atoms with E-state index in [1.807, 2.05) is 37.3 Å². The van der Waals surface area contributed by atoms with E-state index in [0.29, 0.717) is 13.0 Å². The zero-order valence-corrected chi connectivity index (χ0v) is 17.3. The average molecular weight is 383 g/mol. The number of amides is 1. The lowest BCUT2D eigenvalue weighted by Gasteiger charge is -2.35. The first-order valence-corrected chi connectivity index (χ1v) is 10.9. The van der Waals surface area contributed by atoms with Gasteiger partial charge in [0.2, 0.25) is 0 Å². The van der Waals surface area contributed by atoms with Crippen LogP contribution in [-0.2, 0) is 4.79 Å². The molecule has 3 rings (SSSR count). The van der Waals surface area contributed by atoms with Crippen molar-refractivity contribution in [1.82, 2.24) is 10.2 Å². The molecule has 2 aromatic rings. The molecule has 0 aliphatic carbocycles. The first-order valence-electron chi connectivity index (χ1n) is 10.9. The Labute approximate surface area is 169 Å². The molecule has 1 aliphatic heterocycles. The van der Waals surface area contributed by atoms with Crippen molar-refractivity contribution in [3.8, 4) is 5.75 Å². The van der Waals surface area contributed by atoms with Crippen LogP contribution >= 0.6 is 0 Å². The molecule has 2 atom stereocenters. The first-order chi connectivity index (χ1) is 13.7. The van der Waals surface area contributed by atoms with E-state index in [-0.39, 0.29) is 5.91 Å². The highest BCUT2D eigenvalue weighted by Crippen LogP contribution is 2.26. The summed E-state index contributed by atoms with van der Waals surface area (Å²) in [6.07, 6.45) is 6.40. The highest BCUT2D eigenvalue weighted by atomic mass is 16.5. The maximum absolute atomic E-state index is 12.6. The Hall–Kier alpha value is -2.07. The van der Waals surface area contributed by atoms with Crippen molar-refractivity contribution in [1.29, 1.82) is 0 Å². The standard InChI is InChI=1S/C24H34N2O2/c1-3-20-13-7-8-17-26(20)18-10-16-25-24(27)22(4-2)28-23-15-9-12-19-11-5-6-14-21(19)23/h5-6,9,11-12,14-15,20,22H,3-4,7-8,10,13,16-18H2,1-2H3,(H,25,27)/t20-,22-/m0/s1. The molecule has 1 saturated heterocycles. The first kappa shape index (κ1) is 20.7. The fourth-order valence-corrected chi connectivity index (χ4v) is 4.20. The number of piperidine rings is 1. The second-order valence-electron chi connectivity index (χ2n) is 7.73. The molecule has 1 N–H and O–H groups in total. The number of nitrogens with one attached hydrogen (secondary N) is 1. The third-order valence-electron chi connectivity index (χ3n) is 5.82. The van der Waals surface area contributed by atoms with Crippen molar-refractivity contribution in [3.05, 3.63) is 42.5 Å². The van der Waals surface area contributed by atoms with Gasteiger partial charge in [0.1, 0.15) is 5.75 Å². The van der Waals surface area contributed by atoms with Gasteiger partial charge in [0.25, 0.3) is 5.91 Å². The summed E-state index contributed by atoms with van der Waals surface area (Å²) in [6.45, 7) is 7.26. The lowest BCUT2D eigenvalue weighted by molar-refractivity contribution is -0.128. The van der Waals surface area contributed by atoms with Crippen LogP contribution in [0, 0.1) is 0 Å². The van der Waals surface area contributed by atoms with E-state index >= 15 is 0 Å². The summed E-state index contributed by atoms with van der Waals surface area (Å²) in [5.41, 5.74) is 0. The summed E-state index contributed by atoms with van der Waals surface area (Å²) >= 11 is 0. The molecule has 1 heterocycles. The Morgan fingerprint density at radius 2 is 2.00 bits per heavy atom. The van der Waals surface area contributed by atoms with Crippen molar-refractivity contribution >= 4 is 16.7 Å². The van der Waals surface area contributed by atoms with Crippen LogP contribution in [0.1, 0.15) is 52.4 Å². The molecule has 0 radical (unpaired) electrons. The molecule has 0 spiro atoms. The second kappa shape index (κ2) is 10.5. The van der Waals surface area contributed by atoms with Gasteiger partial charge in [-0.15, -0.1) is 0 Å². The van der Waals surface area contributed by atoms with E-state index in [1.165, 1.54) is 32.2 Å². The number of hydrogen-bond donors (Lipinski definition) is 1. The maximum atomic E-state index is 12.6. The van der Waals surface area contributed by atoms with Gasteiger partial charge in [-0.2, -0.15) is 0 Å². The number of hydrogen-bond acceptors (Lipinski definition) is 3. The van der Waals surface area contributed by atoms with E-state index in [4.69, 9.17) is 4.74 Å². The molecule has 4 nitrogen and oxygen atoms in total. The number of carbonyl (C=O) groups is 1. The SMILES string of the molecule is CC[C@H]1CCCCN1CCCNC(=O)[C@H](CC)Oc1cccc2ccccc12. The highest BCUT2D eigenvalue weighted by molar-refractivity contribution is 5.89. The highest BCUT2D eigenvalue weighted by Gasteiger charge is 2.21. The molecular formula is C24H34N2O2. The molecule has 28 heavy (non-hydrogen) atoms. The van der Waals surface area contributed by atoms with Crippen LogP contribution in [-0.4, -0.2) is 42.6 Å². The summed E-state index contributed by atoms with van der Waals surface area (Å²) in [4.78, 5) is 15.2. The topological polar surface area (TPSA) is 41.6 Å². The summed E-state index contributed by atoms with van der Waals surface area (Å²) in [7, 11) is 0. The van der Waals surface area contributed by atoms with Crippen molar-refractivity contribution in [2.24, 2.45) is 0 Å². The number of ether oxygens (including phenoxy) is 1. The summed E-state index contributed by atoms with van der Waals surface area (Å²) in [6, 6.07) is 14.8. The fraction of sp³-hybridized carbons (Fsp3) is 0.542. The predicted octanol–water partition coefficient (Wildman–Crippen LogP) is 4.77. The number of rotatable bonds is 9. The van der Waals surface area contributed by atoms with Crippen LogP contribution in [0.3, 0.4) is 0 Å².